The van der Waals surface area contributed by atoms with Crippen molar-refractivity contribution in [3.63, 3.8) is 0 Å². The van der Waals surface area contributed by atoms with Crippen molar-refractivity contribution in [3.8, 4) is 22.3 Å². The summed E-state index contributed by atoms with van der Waals surface area (Å²) in [4.78, 5) is 20.9. The number of fused-ring (bicyclic) bond motifs is 8. The van der Waals surface area contributed by atoms with Crippen LogP contribution in [0.4, 0.5) is 17.1 Å². The van der Waals surface area contributed by atoms with E-state index < -0.39 is 4.75 Å². The quantitative estimate of drug-likeness (QED) is 0.0712. The van der Waals surface area contributed by atoms with Gasteiger partial charge in [0.2, 0.25) is 0 Å². The molecule has 4 aliphatic rings. The van der Waals surface area contributed by atoms with E-state index in [1.807, 2.05) is 34.9 Å². The van der Waals surface area contributed by atoms with E-state index in [4.69, 9.17) is 0 Å². The van der Waals surface area contributed by atoms with Gasteiger partial charge in [0.1, 0.15) is 11.0 Å². The molecule has 0 radical (unpaired) electrons. The molecule has 5 heteroatoms. The first-order valence-electron chi connectivity index (χ1n) is 23.6. The average molecular weight is 884 g/mol. The minimum Gasteiger partial charge on any atom is -0.309 e. The summed E-state index contributed by atoms with van der Waals surface area (Å²) in [5.74, 6) is 1.01. The first-order chi connectivity index (χ1) is 30.6. The van der Waals surface area contributed by atoms with E-state index in [0.717, 1.165) is 36.4 Å². The number of anilines is 3. The Bertz CT molecular complexity index is 2650. The number of unbranched alkanes of at least 4 members (excludes halogenated alkanes) is 6. The summed E-state index contributed by atoms with van der Waals surface area (Å²) in [5.41, 5.74) is 18.0. The third kappa shape index (κ3) is 7.02. The molecule has 2 aliphatic heterocycles. The standard InChI is InChI=1S/C58H61NOS3/c1-7-9-11-13-19-38-31-32-61-54(38)52-33-40(20-14-12-10-8-2)58(37-60,63-52)53-39-25-30-51(55(53)62-36-39)59(41-26-28-45-43-21-15-17-23-47(43)56(3,4)49(45)34-41)42-27-29-46-44-22-16-18-24-48(44)57(5,6)50(46)35-42/h15-18,21-35,37,40H,7-14,19-20,36H2,1-6H3. The smallest absolute Gasteiger partial charge is 0.141 e. The minimum absolute atomic E-state index is 0.125. The molecule has 0 saturated carbocycles. The van der Waals surface area contributed by atoms with Crippen molar-refractivity contribution in [1.29, 1.82) is 0 Å². The van der Waals surface area contributed by atoms with Gasteiger partial charge in [-0.05, 0) is 122 Å². The molecule has 6 aromatic rings. The molecule has 0 N–H and O–H groups in total. The lowest BCUT2D eigenvalue weighted by Gasteiger charge is -2.34. The zero-order chi connectivity index (χ0) is 43.5. The maximum atomic E-state index is 14.4. The number of aryl methyl sites for hydroxylation is 1. The van der Waals surface area contributed by atoms with E-state index in [2.05, 4.69) is 161 Å². The lowest BCUT2D eigenvalue weighted by Crippen LogP contribution is -2.31. The summed E-state index contributed by atoms with van der Waals surface area (Å²) < 4.78 is -0.690. The van der Waals surface area contributed by atoms with E-state index in [1.54, 1.807) is 0 Å². The molecule has 10 rings (SSSR count). The Labute approximate surface area is 389 Å². The summed E-state index contributed by atoms with van der Waals surface area (Å²) in [6, 6.07) is 39.3. The molecule has 5 aromatic carbocycles. The molecule has 0 saturated heterocycles. The number of hydrogen-bond acceptors (Lipinski definition) is 5. The van der Waals surface area contributed by atoms with Crippen LogP contribution in [0, 0.1) is 5.92 Å². The lowest BCUT2D eigenvalue weighted by molar-refractivity contribution is -0.110. The molecule has 2 atom stereocenters. The Hall–Kier alpha value is -4.29. The van der Waals surface area contributed by atoms with Crippen LogP contribution in [0.1, 0.15) is 143 Å². The van der Waals surface area contributed by atoms with Crippen molar-refractivity contribution in [2.45, 2.75) is 132 Å². The molecular formula is C58H61NOS3. The Morgan fingerprint density at radius 1 is 0.667 bits per heavy atom. The SMILES string of the molecule is CCCCCCc1ccsc1C1=CC(CCCCCC)C(C=O)(c2c3ccc(N(c4ccc5c(c4)C(C)(C)c4ccccc4-5)c4ccc5c(c4)C(C)(C)c4ccccc4-5)c2SC3)S1. The second kappa shape index (κ2) is 16.9. The van der Waals surface area contributed by atoms with Crippen molar-refractivity contribution in [2.75, 3.05) is 4.90 Å². The number of nitrogens with zero attached hydrogens (tertiary/aromatic N) is 1. The van der Waals surface area contributed by atoms with E-state index in [1.165, 1.54) is 133 Å². The Kier molecular flexibility index (Phi) is 11.5. The van der Waals surface area contributed by atoms with Gasteiger partial charge in [-0.25, -0.2) is 0 Å². The fraction of sp³-hybridized carbons (Fsp3) is 0.362. The van der Waals surface area contributed by atoms with Gasteiger partial charge in [0, 0.05) is 48.6 Å². The monoisotopic (exact) mass is 883 g/mol. The number of hydrogen-bond donors (Lipinski definition) is 0. The summed E-state index contributed by atoms with van der Waals surface area (Å²) in [6.07, 6.45) is 15.8. The molecule has 322 valence electrons. The predicted octanol–water partition coefficient (Wildman–Crippen LogP) is 17.3. The molecule has 2 bridgehead atoms. The zero-order valence-electron chi connectivity index (χ0n) is 38.0. The average Bonchev–Trinajstić information content (AvgIpc) is 4.09. The van der Waals surface area contributed by atoms with Gasteiger partial charge < -0.3 is 9.69 Å². The highest BCUT2D eigenvalue weighted by Crippen LogP contribution is 2.64. The highest BCUT2D eigenvalue weighted by atomic mass is 32.2. The molecule has 2 unspecified atom stereocenters. The minimum atomic E-state index is -0.690. The molecule has 0 amide bonds. The number of carbonyl (C=O) groups is 1. The summed E-state index contributed by atoms with van der Waals surface area (Å²) >= 11 is 5.68. The van der Waals surface area contributed by atoms with Crippen LogP contribution in [0.2, 0.25) is 0 Å². The third-order valence-corrected chi connectivity index (χ3v) is 18.7. The highest BCUT2D eigenvalue weighted by molar-refractivity contribution is 8.10. The summed E-state index contributed by atoms with van der Waals surface area (Å²) in [5, 5.41) is 2.28. The largest absolute Gasteiger partial charge is 0.309 e. The van der Waals surface area contributed by atoms with Gasteiger partial charge in [0.25, 0.3) is 0 Å². The van der Waals surface area contributed by atoms with Crippen molar-refractivity contribution in [1.82, 2.24) is 0 Å². The van der Waals surface area contributed by atoms with Gasteiger partial charge in [0.05, 0.1) is 5.69 Å². The van der Waals surface area contributed by atoms with Crippen LogP contribution in [0.25, 0.3) is 27.2 Å². The van der Waals surface area contributed by atoms with Crippen molar-refractivity contribution in [2.24, 2.45) is 5.92 Å². The molecule has 63 heavy (non-hydrogen) atoms. The van der Waals surface area contributed by atoms with Crippen LogP contribution >= 0.6 is 34.9 Å². The number of benzene rings is 5. The normalized spacial score (nSPS) is 19.4. The number of thiophene rings is 1. The number of rotatable bonds is 16. The number of carbonyl (C=O) groups excluding carboxylic acids is 1. The van der Waals surface area contributed by atoms with Crippen LogP contribution in [-0.4, -0.2) is 6.29 Å². The predicted molar refractivity (Wildman–Crippen MR) is 274 cm³/mol. The topological polar surface area (TPSA) is 20.3 Å². The van der Waals surface area contributed by atoms with Crippen molar-refractivity contribution in [3.05, 3.63) is 158 Å². The molecule has 0 spiro atoms. The third-order valence-electron chi connectivity index (χ3n) is 14.9. The lowest BCUT2D eigenvalue weighted by atomic mass is 9.80. The van der Waals surface area contributed by atoms with Crippen molar-refractivity contribution >= 4 is 63.1 Å². The van der Waals surface area contributed by atoms with Crippen LogP contribution in [0.5, 0.6) is 0 Å². The molecule has 0 fully saturated rings. The second-order valence-electron chi connectivity index (χ2n) is 19.5. The van der Waals surface area contributed by atoms with Crippen LogP contribution in [-0.2, 0) is 32.5 Å². The Balaban J connectivity index is 1.13. The van der Waals surface area contributed by atoms with Crippen molar-refractivity contribution < 1.29 is 4.79 Å². The van der Waals surface area contributed by atoms with E-state index >= 15 is 0 Å². The second-order valence-corrected chi connectivity index (χ2v) is 22.7. The number of thioether (sulfide) groups is 2. The highest BCUT2D eigenvalue weighted by Gasteiger charge is 2.50. The van der Waals surface area contributed by atoms with Gasteiger partial charge in [-0.3, -0.25) is 0 Å². The molecule has 1 aromatic heterocycles. The van der Waals surface area contributed by atoms with E-state index in [-0.39, 0.29) is 16.7 Å². The number of aldehydes is 1. The molecule has 2 nitrogen and oxygen atoms in total. The van der Waals surface area contributed by atoms with Gasteiger partial charge in [-0.2, -0.15) is 0 Å². The van der Waals surface area contributed by atoms with Crippen LogP contribution in [0.3, 0.4) is 0 Å². The van der Waals surface area contributed by atoms with Gasteiger partial charge in [-0.1, -0.05) is 159 Å². The van der Waals surface area contributed by atoms with E-state index in [9.17, 15) is 4.79 Å². The van der Waals surface area contributed by atoms with Gasteiger partial charge in [-0.15, -0.1) is 34.9 Å². The molecular weight excluding hydrogens is 823 g/mol. The fourth-order valence-electron chi connectivity index (χ4n) is 11.4. The number of allylic oxidation sites excluding steroid dienone is 1. The maximum absolute atomic E-state index is 14.4. The van der Waals surface area contributed by atoms with Gasteiger partial charge >= 0.3 is 0 Å². The van der Waals surface area contributed by atoms with E-state index in [0.29, 0.717) is 0 Å². The molecule has 3 heterocycles. The maximum Gasteiger partial charge on any atom is 0.141 e. The van der Waals surface area contributed by atoms with Gasteiger partial charge in [0.15, 0.2) is 0 Å². The fourth-order valence-corrected chi connectivity index (χ4v) is 15.5. The Morgan fingerprint density at radius 3 is 1.89 bits per heavy atom. The zero-order valence-corrected chi connectivity index (χ0v) is 40.4. The Morgan fingerprint density at radius 2 is 1.27 bits per heavy atom. The summed E-state index contributed by atoms with van der Waals surface area (Å²) in [6.45, 7) is 14.1. The first kappa shape index (κ1) is 42.6. The van der Waals surface area contributed by atoms with Crippen LogP contribution in [0.15, 0.2) is 119 Å². The molecule has 2 aliphatic carbocycles. The first-order valence-corrected chi connectivity index (χ1v) is 26.3. The summed E-state index contributed by atoms with van der Waals surface area (Å²) in [7, 11) is 0. The van der Waals surface area contributed by atoms with Crippen LogP contribution < -0.4 is 4.90 Å².